The van der Waals surface area contributed by atoms with Gasteiger partial charge in [0.15, 0.2) is 5.69 Å². The van der Waals surface area contributed by atoms with E-state index in [2.05, 4.69) is 20.6 Å². The van der Waals surface area contributed by atoms with Gasteiger partial charge >= 0.3 is 0 Å². The van der Waals surface area contributed by atoms with E-state index in [1.165, 1.54) is 0 Å². The number of carbonyl (C=O) groups excluding carboxylic acids is 1. The van der Waals surface area contributed by atoms with Crippen LogP contribution in [0.4, 0.5) is 17.2 Å². The number of pyridine rings is 2. The van der Waals surface area contributed by atoms with Gasteiger partial charge in [-0.2, -0.15) is 0 Å². The number of hydrogen-bond donors (Lipinski definition) is 4. The van der Waals surface area contributed by atoms with E-state index in [4.69, 9.17) is 5.73 Å². The maximum Gasteiger partial charge on any atom is 0.269 e. The lowest BCUT2D eigenvalue weighted by atomic mass is 9.92. The maximum absolute atomic E-state index is 11.7. The SMILES string of the molecule is Cc1cc(C)nc(Nc2cc(N[C@@H]3CCCC[C@@H]3O)cnc2C(N)=O)c1. The van der Waals surface area contributed by atoms with Crippen LogP contribution in [-0.2, 0) is 0 Å². The summed E-state index contributed by atoms with van der Waals surface area (Å²) in [6, 6.07) is 5.63. The van der Waals surface area contributed by atoms with Crippen molar-refractivity contribution in [2.24, 2.45) is 5.73 Å². The number of aromatic nitrogens is 2. The molecule has 1 saturated carbocycles. The molecule has 0 saturated heterocycles. The highest BCUT2D eigenvalue weighted by Gasteiger charge is 2.23. The fourth-order valence-corrected chi connectivity index (χ4v) is 3.37. The van der Waals surface area contributed by atoms with Gasteiger partial charge in [-0.3, -0.25) is 4.79 Å². The molecule has 1 aliphatic rings. The van der Waals surface area contributed by atoms with Crippen molar-refractivity contribution in [3.8, 4) is 0 Å². The van der Waals surface area contributed by atoms with Crippen LogP contribution >= 0.6 is 0 Å². The normalized spacial score (nSPS) is 19.8. The Hall–Kier alpha value is -2.67. The fraction of sp³-hybridized carbons (Fsp3) is 0.421. The van der Waals surface area contributed by atoms with Crippen LogP contribution in [0.25, 0.3) is 0 Å². The van der Waals surface area contributed by atoms with E-state index in [0.29, 0.717) is 11.5 Å². The number of amides is 1. The molecule has 7 heteroatoms. The molecule has 7 nitrogen and oxygen atoms in total. The minimum Gasteiger partial charge on any atom is -0.391 e. The Labute approximate surface area is 153 Å². The molecule has 0 bridgehead atoms. The van der Waals surface area contributed by atoms with Crippen LogP contribution in [0.5, 0.6) is 0 Å². The standard InChI is InChI=1S/C19H25N5O2/c1-11-7-12(2)22-17(8-11)24-15-9-13(10-21-18(15)19(20)26)23-14-5-3-4-6-16(14)25/h7-10,14,16,23,25H,3-6H2,1-2H3,(H2,20,26)(H,22,24)/t14-,16+/m1/s1. The van der Waals surface area contributed by atoms with Crippen molar-refractivity contribution in [1.29, 1.82) is 0 Å². The fourth-order valence-electron chi connectivity index (χ4n) is 3.37. The number of primary amides is 1. The minimum atomic E-state index is -0.610. The first-order chi connectivity index (χ1) is 12.4. The molecule has 0 aliphatic heterocycles. The Bertz CT molecular complexity index is 788. The average Bonchev–Trinajstić information content (AvgIpc) is 2.56. The van der Waals surface area contributed by atoms with E-state index < -0.39 is 5.91 Å². The highest BCUT2D eigenvalue weighted by atomic mass is 16.3. The third-order valence-corrected chi connectivity index (χ3v) is 4.56. The van der Waals surface area contributed by atoms with E-state index in [9.17, 15) is 9.90 Å². The summed E-state index contributed by atoms with van der Waals surface area (Å²) in [6.45, 7) is 3.89. The number of aliphatic hydroxyl groups is 1. The maximum atomic E-state index is 11.7. The highest BCUT2D eigenvalue weighted by Crippen LogP contribution is 2.26. The molecule has 2 aromatic rings. The molecular weight excluding hydrogens is 330 g/mol. The zero-order chi connectivity index (χ0) is 18.7. The third kappa shape index (κ3) is 4.29. The van der Waals surface area contributed by atoms with Crippen molar-refractivity contribution in [2.75, 3.05) is 10.6 Å². The summed E-state index contributed by atoms with van der Waals surface area (Å²) < 4.78 is 0. The molecule has 2 atom stereocenters. The lowest BCUT2D eigenvalue weighted by Gasteiger charge is -2.29. The van der Waals surface area contributed by atoms with Gasteiger partial charge in [0.25, 0.3) is 5.91 Å². The molecule has 1 aliphatic carbocycles. The van der Waals surface area contributed by atoms with Crippen LogP contribution in [0.3, 0.4) is 0 Å². The molecule has 2 aromatic heterocycles. The van der Waals surface area contributed by atoms with Gasteiger partial charge in [-0.05, 0) is 50.5 Å². The van der Waals surface area contributed by atoms with Crippen molar-refractivity contribution < 1.29 is 9.90 Å². The number of carbonyl (C=O) groups is 1. The number of anilines is 3. The van der Waals surface area contributed by atoms with E-state index in [0.717, 1.165) is 42.6 Å². The Balaban J connectivity index is 1.87. The number of rotatable bonds is 5. The zero-order valence-corrected chi connectivity index (χ0v) is 15.1. The molecule has 1 fully saturated rings. The van der Waals surface area contributed by atoms with Crippen molar-refractivity contribution in [1.82, 2.24) is 9.97 Å². The second-order valence-electron chi connectivity index (χ2n) is 6.88. The molecular formula is C19H25N5O2. The van der Waals surface area contributed by atoms with Crippen molar-refractivity contribution in [3.63, 3.8) is 0 Å². The lowest BCUT2D eigenvalue weighted by molar-refractivity contribution is 0.0996. The number of nitrogens with zero attached hydrogens (tertiary/aromatic N) is 2. The molecule has 1 amide bonds. The number of aryl methyl sites for hydroxylation is 2. The van der Waals surface area contributed by atoms with Gasteiger partial charge in [0, 0.05) is 5.69 Å². The molecule has 0 aromatic carbocycles. The summed E-state index contributed by atoms with van der Waals surface area (Å²) >= 11 is 0. The summed E-state index contributed by atoms with van der Waals surface area (Å²) in [5, 5.41) is 16.6. The quantitative estimate of drug-likeness (QED) is 0.656. The van der Waals surface area contributed by atoms with Crippen LogP contribution in [0.2, 0.25) is 0 Å². The summed E-state index contributed by atoms with van der Waals surface area (Å²) in [6.07, 6.45) is 5.02. The first-order valence-electron chi connectivity index (χ1n) is 8.89. The molecule has 0 radical (unpaired) electrons. The van der Waals surface area contributed by atoms with Crippen LogP contribution in [0, 0.1) is 13.8 Å². The summed E-state index contributed by atoms with van der Waals surface area (Å²) in [7, 11) is 0. The second kappa shape index (κ2) is 7.70. The van der Waals surface area contributed by atoms with Crippen molar-refractivity contribution in [2.45, 2.75) is 51.7 Å². The van der Waals surface area contributed by atoms with Gasteiger partial charge in [0.05, 0.1) is 29.7 Å². The summed E-state index contributed by atoms with van der Waals surface area (Å²) in [5.41, 5.74) is 8.77. The molecule has 26 heavy (non-hydrogen) atoms. The largest absolute Gasteiger partial charge is 0.391 e. The Morgan fingerprint density at radius 1 is 1.23 bits per heavy atom. The Kier molecular flexibility index (Phi) is 5.37. The lowest BCUT2D eigenvalue weighted by Crippen LogP contribution is -2.36. The van der Waals surface area contributed by atoms with Crippen molar-refractivity contribution >= 4 is 23.1 Å². The average molecular weight is 355 g/mol. The first kappa shape index (κ1) is 18.1. The second-order valence-corrected chi connectivity index (χ2v) is 6.88. The molecule has 5 N–H and O–H groups in total. The minimum absolute atomic E-state index is 0.0165. The number of nitrogens with one attached hydrogen (secondary N) is 2. The van der Waals surface area contributed by atoms with Crippen LogP contribution in [-0.4, -0.2) is 33.1 Å². The van der Waals surface area contributed by atoms with Gasteiger partial charge in [0.1, 0.15) is 5.82 Å². The van der Waals surface area contributed by atoms with Crippen LogP contribution in [0.15, 0.2) is 24.4 Å². The van der Waals surface area contributed by atoms with Crippen molar-refractivity contribution in [3.05, 3.63) is 41.3 Å². The van der Waals surface area contributed by atoms with Gasteiger partial charge < -0.3 is 21.5 Å². The molecule has 138 valence electrons. The van der Waals surface area contributed by atoms with E-state index in [1.54, 1.807) is 12.3 Å². The summed E-state index contributed by atoms with van der Waals surface area (Å²) in [4.78, 5) is 20.4. The van der Waals surface area contributed by atoms with Gasteiger partial charge in [-0.25, -0.2) is 9.97 Å². The predicted molar refractivity (Wildman–Crippen MR) is 102 cm³/mol. The molecule has 2 heterocycles. The number of nitrogens with two attached hydrogens (primary N) is 1. The highest BCUT2D eigenvalue weighted by molar-refractivity contribution is 5.97. The van der Waals surface area contributed by atoms with Gasteiger partial charge in [-0.15, -0.1) is 0 Å². The summed E-state index contributed by atoms with van der Waals surface area (Å²) in [5.74, 6) is 0.0165. The zero-order valence-electron chi connectivity index (χ0n) is 15.1. The van der Waals surface area contributed by atoms with E-state index >= 15 is 0 Å². The number of hydrogen-bond acceptors (Lipinski definition) is 6. The number of aliphatic hydroxyl groups excluding tert-OH is 1. The van der Waals surface area contributed by atoms with Crippen LogP contribution < -0.4 is 16.4 Å². The van der Waals surface area contributed by atoms with E-state index in [-0.39, 0.29) is 17.8 Å². The monoisotopic (exact) mass is 355 g/mol. The molecule has 0 unspecified atom stereocenters. The van der Waals surface area contributed by atoms with Gasteiger partial charge in [0.2, 0.25) is 0 Å². The molecule has 3 rings (SSSR count). The first-order valence-corrected chi connectivity index (χ1v) is 8.89. The predicted octanol–water partition coefficient (Wildman–Crippen LogP) is 2.65. The van der Waals surface area contributed by atoms with Crippen LogP contribution in [0.1, 0.15) is 47.4 Å². The Morgan fingerprint density at radius 3 is 2.69 bits per heavy atom. The topological polar surface area (TPSA) is 113 Å². The molecule has 0 spiro atoms. The van der Waals surface area contributed by atoms with Gasteiger partial charge in [-0.1, -0.05) is 12.8 Å². The van der Waals surface area contributed by atoms with E-state index in [1.807, 2.05) is 26.0 Å². The smallest absolute Gasteiger partial charge is 0.269 e. The third-order valence-electron chi connectivity index (χ3n) is 4.56. The Morgan fingerprint density at radius 2 is 2.00 bits per heavy atom.